The normalized spacial score (nSPS) is 19.1. The lowest BCUT2D eigenvalue weighted by Crippen LogP contribution is -2.38. The van der Waals surface area contributed by atoms with Crippen molar-refractivity contribution in [1.29, 1.82) is 0 Å². The summed E-state index contributed by atoms with van der Waals surface area (Å²) in [6.45, 7) is 1.75. The predicted molar refractivity (Wildman–Crippen MR) is 112 cm³/mol. The molecule has 1 aliphatic rings. The fourth-order valence-corrected chi connectivity index (χ4v) is 4.19. The lowest BCUT2D eigenvalue weighted by atomic mass is 9.95. The molecule has 4 rings (SSSR count). The molecule has 0 N–H and O–H groups in total. The van der Waals surface area contributed by atoms with Gasteiger partial charge in [0.1, 0.15) is 5.78 Å². The van der Waals surface area contributed by atoms with E-state index in [9.17, 15) is 9.59 Å². The van der Waals surface area contributed by atoms with Crippen molar-refractivity contribution in [3.8, 4) is 0 Å². The smallest absolute Gasteiger partial charge is 0.226 e. The maximum Gasteiger partial charge on any atom is 0.226 e. The van der Waals surface area contributed by atoms with Crippen LogP contribution in [0.5, 0.6) is 0 Å². The van der Waals surface area contributed by atoms with E-state index in [1.54, 1.807) is 18.0 Å². The van der Waals surface area contributed by atoms with Gasteiger partial charge >= 0.3 is 0 Å². The molecule has 1 aliphatic heterocycles. The van der Waals surface area contributed by atoms with Crippen LogP contribution in [0.25, 0.3) is 11.0 Å². The third-order valence-electron chi connectivity index (χ3n) is 5.61. The van der Waals surface area contributed by atoms with Crippen molar-refractivity contribution in [3.05, 3.63) is 72.1 Å². The molecule has 29 heavy (non-hydrogen) atoms. The molecule has 0 aliphatic carbocycles. The largest absolute Gasteiger partial charge is 0.332 e. The molecule has 1 amide bonds. The van der Waals surface area contributed by atoms with E-state index in [1.165, 1.54) is 5.56 Å². The number of likely N-dealkylation sites (tertiary alicyclic amines) is 1. The Bertz CT molecular complexity index is 1020. The summed E-state index contributed by atoms with van der Waals surface area (Å²) in [4.78, 5) is 35.5. The van der Waals surface area contributed by atoms with Crippen LogP contribution in [0.4, 0.5) is 0 Å². The molecule has 148 valence electrons. The first-order valence-corrected chi connectivity index (χ1v) is 10.1. The third-order valence-corrected chi connectivity index (χ3v) is 5.61. The van der Waals surface area contributed by atoms with Crippen LogP contribution in [0.3, 0.4) is 0 Å². The van der Waals surface area contributed by atoms with Crippen LogP contribution in [-0.4, -0.2) is 39.1 Å². The summed E-state index contributed by atoms with van der Waals surface area (Å²) in [7, 11) is 0. The van der Waals surface area contributed by atoms with E-state index in [2.05, 4.69) is 22.1 Å². The van der Waals surface area contributed by atoms with Crippen molar-refractivity contribution >= 4 is 22.7 Å². The molecule has 1 aromatic carbocycles. The van der Waals surface area contributed by atoms with Crippen LogP contribution in [0, 0.1) is 5.92 Å². The second-order valence-corrected chi connectivity index (χ2v) is 7.84. The van der Waals surface area contributed by atoms with Crippen LogP contribution in [0.15, 0.2) is 60.8 Å². The lowest BCUT2D eigenvalue weighted by molar-refractivity contribution is -0.135. The van der Waals surface area contributed by atoms with Crippen molar-refractivity contribution in [3.63, 3.8) is 0 Å². The van der Waals surface area contributed by atoms with Gasteiger partial charge in [0, 0.05) is 29.2 Å². The van der Waals surface area contributed by atoms with E-state index in [1.807, 2.05) is 42.5 Å². The molecule has 1 saturated heterocycles. The Labute approximate surface area is 170 Å². The summed E-state index contributed by atoms with van der Waals surface area (Å²) in [5, 5.41) is 1.02. The van der Waals surface area contributed by atoms with E-state index >= 15 is 0 Å². The van der Waals surface area contributed by atoms with Gasteiger partial charge in [0.15, 0.2) is 5.65 Å². The first kappa shape index (κ1) is 19.2. The summed E-state index contributed by atoms with van der Waals surface area (Å²) in [5.74, 6) is 0.0590. The average molecular weight is 387 g/mol. The summed E-state index contributed by atoms with van der Waals surface area (Å²) in [6.07, 6.45) is 4.79. The maximum atomic E-state index is 13.0. The van der Waals surface area contributed by atoms with Gasteiger partial charge < -0.3 is 4.90 Å². The molecule has 1 fully saturated rings. The second kappa shape index (κ2) is 8.52. The molecule has 0 radical (unpaired) electrons. The van der Waals surface area contributed by atoms with E-state index < -0.39 is 0 Å². The summed E-state index contributed by atoms with van der Waals surface area (Å²) < 4.78 is 0. The fourth-order valence-electron chi connectivity index (χ4n) is 4.19. The fraction of sp³-hybridized carbons (Fsp3) is 0.333. The predicted octanol–water partition coefficient (Wildman–Crippen LogP) is 3.61. The number of hydrogen-bond donors (Lipinski definition) is 0. The number of pyridine rings is 2. The summed E-state index contributed by atoms with van der Waals surface area (Å²) in [6, 6.07) is 18.2. The average Bonchev–Trinajstić information content (AvgIpc) is 3.01. The number of rotatable bonds is 7. The maximum absolute atomic E-state index is 13.0. The Kier molecular flexibility index (Phi) is 5.65. The molecule has 2 unspecified atom stereocenters. The highest BCUT2D eigenvalue weighted by atomic mass is 16.2. The van der Waals surface area contributed by atoms with Crippen molar-refractivity contribution < 1.29 is 9.59 Å². The summed E-state index contributed by atoms with van der Waals surface area (Å²) >= 11 is 0. The van der Waals surface area contributed by atoms with Crippen LogP contribution in [0.1, 0.15) is 31.0 Å². The van der Waals surface area contributed by atoms with Crippen LogP contribution in [0.2, 0.25) is 0 Å². The van der Waals surface area contributed by atoms with Crippen molar-refractivity contribution in [2.45, 2.75) is 38.6 Å². The van der Waals surface area contributed by atoms with E-state index in [0.717, 1.165) is 42.4 Å². The highest BCUT2D eigenvalue weighted by Gasteiger charge is 2.39. The first-order valence-electron chi connectivity index (χ1n) is 10.1. The van der Waals surface area contributed by atoms with Gasteiger partial charge in [0.25, 0.3) is 0 Å². The molecule has 0 bridgehead atoms. The minimum absolute atomic E-state index is 0.0272. The summed E-state index contributed by atoms with van der Waals surface area (Å²) in [5.41, 5.74) is 2.89. The van der Waals surface area contributed by atoms with Crippen molar-refractivity contribution in [2.24, 2.45) is 5.92 Å². The van der Waals surface area contributed by atoms with Gasteiger partial charge in [-0.3, -0.25) is 9.59 Å². The molecular weight excluding hydrogens is 362 g/mol. The minimum atomic E-state index is -0.0655. The Morgan fingerprint density at radius 2 is 1.93 bits per heavy atom. The van der Waals surface area contributed by atoms with Crippen LogP contribution in [-0.2, 0) is 22.4 Å². The van der Waals surface area contributed by atoms with Gasteiger partial charge in [-0.2, -0.15) is 0 Å². The molecule has 0 saturated carbocycles. The minimum Gasteiger partial charge on any atom is -0.332 e. The zero-order chi connectivity index (χ0) is 20.2. The second-order valence-electron chi connectivity index (χ2n) is 7.84. The molecule has 5 nitrogen and oxygen atoms in total. The van der Waals surface area contributed by atoms with Gasteiger partial charge in [-0.05, 0) is 62.4 Å². The number of nitrogens with zero attached hydrogens (tertiary/aromatic N) is 3. The SMILES string of the molecule is CC(=O)CN1C(=O)C(CCc2ccc3cccnc3n2)CC1Cc1ccccc1. The van der Waals surface area contributed by atoms with Crippen LogP contribution < -0.4 is 0 Å². The molecular formula is C24H25N3O2. The van der Waals surface area contributed by atoms with Crippen LogP contribution >= 0.6 is 0 Å². The number of carbonyl (C=O) groups is 2. The van der Waals surface area contributed by atoms with Gasteiger partial charge in [-0.25, -0.2) is 9.97 Å². The van der Waals surface area contributed by atoms with E-state index in [-0.39, 0.29) is 30.2 Å². The number of Topliss-reactive ketones (excluding diaryl/α,β-unsaturated/α-hetero) is 1. The monoisotopic (exact) mass is 387 g/mol. The number of benzene rings is 1. The Morgan fingerprint density at radius 1 is 1.10 bits per heavy atom. The number of fused-ring (bicyclic) bond motifs is 1. The lowest BCUT2D eigenvalue weighted by Gasteiger charge is -2.23. The van der Waals surface area contributed by atoms with Gasteiger partial charge in [-0.15, -0.1) is 0 Å². The number of amides is 1. The molecule has 5 heteroatoms. The van der Waals surface area contributed by atoms with Crippen molar-refractivity contribution in [2.75, 3.05) is 6.54 Å². The Morgan fingerprint density at radius 3 is 2.72 bits per heavy atom. The molecule has 2 atom stereocenters. The number of hydrogen-bond acceptors (Lipinski definition) is 4. The Hall–Kier alpha value is -3.08. The number of ketones is 1. The molecule has 3 heterocycles. The third kappa shape index (κ3) is 4.50. The van der Waals surface area contributed by atoms with E-state index in [0.29, 0.717) is 0 Å². The zero-order valence-electron chi connectivity index (χ0n) is 16.6. The standard InChI is InChI=1S/C24H25N3O2/c1-17(28)16-27-22(14-18-6-3-2-4-7-18)15-20(24(27)29)10-12-21-11-9-19-8-5-13-25-23(19)26-21/h2-9,11,13,20,22H,10,12,14-16H2,1H3. The highest BCUT2D eigenvalue weighted by molar-refractivity contribution is 5.87. The molecule has 2 aromatic heterocycles. The van der Waals surface area contributed by atoms with Crippen molar-refractivity contribution in [1.82, 2.24) is 14.9 Å². The van der Waals surface area contributed by atoms with Gasteiger partial charge in [0.05, 0.1) is 6.54 Å². The topological polar surface area (TPSA) is 63.2 Å². The van der Waals surface area contributed by atoms with E-state index in [4.69, 9.17) is 0 Å². The first-order chi connectivity index (χ1) is 14.1. The number of aryl methyl sites for hydroxylation is 1. The molecule has 3 aromatic rings. The number of carbonyl (C=O) groups excluding carboxylic acids is 2. The zero-order valence-corrected chi connectivity index (χ0v) is 16.6. The highest BCUT2D eigenvalue weighted by Crippen LogP contribution is 2.30. The quantitative estimate of drug-likeness (QED) is 0.621. The number of aromatic nitrogens is 2. The molecule has 0 spiro atoms. The van der Waals surface area contributed by atoms with Gasteiger partial charge in [0.2, 0.25) is 5.91 Å². The van der Waals surface area contributed by atoms with Gasteiger partial charge in [-0.1, -0.05) is 30.3 Å². The Balaban J connectivity index is 1.46.